The molecule has 0 saturated carbocycles. The van der Waals surface area contributed by atoms with Gasteiger partial charge in [0.25, 0.3) is 0 Å². The van der Waals surface area contributed by atoms with E-state index in [0.717, 1.165) is 35.9 Å². The predicted octanol–water partition coefficient (Wildman–Crippen LogP) is 10.1. The second-order valence-corrected chi connectivity index (χ2v) is 13.1. The van der Waals surface area contributed by atoms with Crippen molar-refractivity contribution in [2.75, 3.05) is 6.61 Å². The molecule has 0 aliphatic carbocycles. The van der Waals surface area contributed by atoms with Gasteiger partial charge in [0.2, 0.25) is 0 Å². The van der Waals surface area contributed by atoms with Gasteiger partial charge in [0.1, 0.15) is 5.75 Å². The molecule has 0 heterocycles. The molecule has 0 amide bonds. The zero-order valence-electron chi connectivity index (χ0n) is 20.7. The molecule has 0 aromatic heterocycles. The van der Waals surface area contributed by atoms with Gasteiger partial charge in [-0.25, -0.2) is 0 Å². The van der Waals surface area contributed by atoms with Crippen LogP contribution in [0.4, 0.5) is 0 Å². The maximum absolute atomic E-state index is 6.36. The van der Waals surface area contributed by atoms with E-state index in [-0.39, 0.29) is 0 Å². The van der Waals surface area contributed by atoms with Gasteiger partial charge >= 0.3 is 8.56 Å². The Morgan fingerprint density at radius 1 is 0.677 bits per heavy atom. The molecule has 4 heteroatoms. The Kier molecular flexibility index (Phi) is 17.5. The molecule has 31 heavy (non-hydrogen) atoms. The Labute approximate surface area is 199 Å². The Bertz CT molecular complexity index is 534. The third-order valence-corrected chi connectivity index (χ3v) is 10.0. The van der Waals surface area contributed by atoms with Gasteiger partial charge in [-0.15, -0.1) is 0 Å². The monoisotopic (exact) mass is 468 g/mol. The van der Waals surface area contributed by atoms with E-state index in [2.05, 4.69) is 20.8 Å². The van der Waals surface area contributed by atoms with E-state index in [9.17, 15) is 0 Å². The van der Waals surface area contributed by atoms with Crippen molar-refractivity contribution in [1.82, 2.24) is 0 Å². The van der Waals surface area contributed by atoms with Gasteiger partial charge in [-0.2, -0.15) is 0 Å². The van der Waals surface area contributed by atoms with Crippen molar-refractivity contribution >= 4 is 20.2 Å². The number of benzene rings is 1. The summed E-state index contributed by atoms with van der Waals surface area (Å²) in [5, 5.41) is 0.718. The van der Waals surface area contributed by atoms with Crippen molar-refractivity contribution in [2.24, 2.45) is 0 Å². The molecule has 0 fully saturated rings. The molecule has 0 radical (unpaired) electrons. The zero-order valence-corrected chi connectivity index (χ0v) is 22.5. The lowest BCUT2D eigenvalue weighted by atomic mass is 10.0. The fraction of sp³-hybridized carbons (Fsp3) is 0.778. The van der Waals surface area contributed by atoms with Crippen LogP contribution >= 0.6 is 11.6 Å². The van der Waals surface area contributed by atoms with E-state index < -0.39 is 8.56 Å². The van der Waals surface area contributed by atoms with Gasteiger partial charge in [-0.3, -0.25) is 0 Å². The van der Waals surface area contributed by atoms with Crippen LogP contribution in [0.2, 0.25) is 17.1 Å². The highest BCUT2D eigenvalue weighted by Crippen LogP contribution is 2.26. The van der Waals surface area contributed by atoms with Crippen LogP contribution in [0.3, 0.4) is 0 Å². The summed E-state index contributed by atoms with van der Waals surface area (Å²) in [6.45, 7) is 7.49. The SMILES string of the molecule is CCCCCCCCCCCCCCCCCO[Si](CC)(CC)Oc1cccc(Cl)c1. The van der Waals surface area contributed by atoms with Crippen LogP contribution in [0.15, 0.2) is 24.3 Å². The van der Waals surface area contributed by atoms with Gasteiger partial charge in [0.05, 0.1) is 0 Å². The topological polar surface area (TPSA) is 18.5 Å². The molecule has 0 unspecified atom stereocenters. The predicted molar refractivity (Wildman–Crippen MR) is 140 cm³/mol. The fourth-order valence-corrected chi connectivity index (χ4v) is 6.61. The molecular weight excluding hydrogens is 420 g/mol. The minimum absolute atomic E-state index is 0.718. The van der Waals surface area contributed by atoms with Gasteiger partial charge in [0.15, 0.2) is 0 Å². The lowest BCUT2D eigenvalue weighted by Crippen LogP contribution is -2.44. The van der Waals surface area contributed by atoms with E-state index in [1.54, 1.807) is 0 Å². The molecular formula is C27H49ClO2Si. The second-order valence-electron chi connectivity index (χ2n) is 8.98. The first-order chi connectivity index (χ1) is 15.2. The number of hydrogen-bond acceptors (Lipinski definition) is 2. The summed E-state index contributed by atoms with van der Waals surface area (Å²) in [7, 11) is -2.17. The quantitative estimate of drug-likeness (QED) is 0.132. The molecule has 0 atom stereocenters. The Balaban J connectivity index is 2.00. The zero-order chi connectivity index (χ0) is 22.6. The second kappa shape index (κ2) is 19.0. The van der Waals surface area contributed by atoms with Crippen molar-refractivity contribution in [2.45, 2.75) is 129 Å². The number of unbranched alkanes of at least 4 members (excludes halogenated alkanes) is 14. The summed E-state index contributed by atoms with van der Waals surface area (Å²) in [5.74, 6) is 0.847. The third-order valence-electron chi connectivity index (χ3n) is 6.29. The first-order valence-electron chi connectivity index (χ1n) is 13.2. The van der Waals surface area contributed by atoms with E-state index in [1.165, 1.54) is 89.9 Å². The average Bonchev–Trinajstić information content (AvgIpc) is 2.78. The Morgan fingerprint density at radius 2 is 1.16 bits per heavy atom. The summed E-state index contributed by atoms with van der Waals surface area (Å²) in [6, 6.07) is 9.63. The van der Waals surface area contributed by atoms with Crippen molar-refractivity contribution in [3.63, 3.8) is 0 Å². The van der Waals surface area contributed by atoms with Crippen LogP contribution in [-0.2, 0) is 4.43 Å². The summed E-state index contributed by atoms with van der Waals surface area (Å²) < 4.78 is 12.7. The largest absolute Gasteiger partial charge is 0.520 e. The molecule has 0 aliphatic rings. The molecule has 0 saturated heterocycles. The normalized spacial score (nSPS) is 11.7. The minimum atomic E-state index is -2.17. The van der Waals surface area contributed by atoms with Crippen LogP contribution in [-0.4, -0.2) is 15.2 Å². The van der Waals surface area contributed by atoms with Crippen LogP contribution < -0.4 is 4.43 Å². The van der Waals surface area contributed by atoms with Gasteiger partial charge < -0.3 is 8.85 Å². The molecule has 2 nitrogen and oxygen atoms in total. The first-order valence-corrected chi connectivity index (χ1v) is 15.8. The minimum Gasteiger partial charge on any atom is -0.520 e. The summed E-state index contributed by atoms with van der Waals surface area (Å²) in [5.41, 5.74) is 0. The molecule has 1 rings (SSSR count). The van der Waals surface area contributed by atoms with Crippen molar-refractivity contribution < 1.29 is 8.85 Å². The molecule has 180 valence electrons. The fourth-order valence-electron chi connectivity index (χ4n) is 4.10. The lowest BCUT2D eigenvalue weighted by molar-refractivity contribution is 0.230. The van der Waals surface area contributed by atoms with Gasteiger partial charge in [0, 0.05) is 11.6 Å². The first kappa shape index (κ1) is 28.5. The molecule has 0 aliphatic heterocycles. The average molecular weight is 469 g/mol. The van der Waals surface area contributed by atoms with Crippen molar-refractivity contribution in [3.8, 4) is 5.75 Å². The molecule has 1 aromatic carbocycles. The van der Waals surface area contributed by atoms with Crippen LogP contribution in [0.1, 0.15) is 117 Å². The highest BCUT2D eigenvalue weighted by Gasteiger charge is 2.35. The maximum Gasteiger partial charge on any atom is 0.398 e. The maximum atomic E-state index is 6.36. The number of rotatable bonds is 21. The highest BCUT2D eigenvalue weighted by molar-refractivity contribution is 6.68. The number of hydrogen-bond donors (Lipinski definition) is 0. The van der Waals surface area contributed by atoms with Crippen LogP contribution in [0, 0.1) is 0 Å². The Morgan fingerprint density at radius 3 is 1.61 bits per heavy atom. The van der Waals surface area contributed by atoms with E-state index in [4.69, 9.17) is 20.5 Å². The molecule has 0 spiro atoms. The van der Waals surface area contributed by atoms with E-state index in [0.29, 0.717) is 0 Å². The lowest BCUT2D eigenvalue weighted by Gasteiger charge is -2.29. The summed E-state index contributed by atoms with van der Waals surface area (Å²) in [6.07, 6.45) is 20.8. The molecule has 0 N–H and O–H groups in total. The molecule has 0 bridgehead atoms. The number of halogens is 1. The standard InChI is InChI=1S/C27H49ClO2Si/c1-4-7-8-9-10-11-12-13-14-15-16-17-18-19-20-24-29-31(5-2,6-3)30-27-23-21-22-26(28)25-27/h21-23,25H,4-20,24H2,1-3H3. The smallest absolute Gasteiger partial charge is 0.398 e. The van der Waals surface area contributed by atoms with Gasteiger partial charge in [-0.1, -0.05) is 128 Å². The van der Waals surface area contributed by atoms with Crippen molar-refractivity contribution in [1.29, 1.82) is 0 Å². The van der Waals surface area contributed by atoms with Crippen LogP contribution in [0.5, 0.6) is 5.75 Å². The van der Waals surface area contributed by atoms with Crippen LogP contribution in [0.25, 0.3) is 0 Å². The Hall–Kier alpha value is -0.513. The van der Waals surface area contributed by atoms with E-state index in [1.807, 2.05) is 24.3 Å². The summed E-state index contributed by atoms with van der Waals surface area (Å²) >= 11 is 6.11. The van der Waals surface area contributed by atoms with Crippen molar-refractivity contribution in [3.05, 3.63) is 29.3 Å². The van der Waals surface area contributed by atoms with Gasteiger partial charge in [-0.05, 0) is 36.7 Å². The van der Waals surface area contributed by atoms with E-state index >= 15 is 0 Å². The highest BCUT2D eigenvalue weighted by atomic mass is 35.5. The summed E-state index contributed by atoms with van der Waals surface area (Å²) in [4.78, 5) is 0. The third kappa shape index (κ3) is 14.3. The molecule has 1 aromatic rings.